The third-order valence-electron chi connectivity index (χ3n) is 4.82. The van der Waals surface area contributed by atoms with Crippen LogP contribution in [0.3, 0.4) is 0 Å². The summed E-state index contributed by atoms with van der Waals surface area (Å²) in [5.41, 5.74) is 6.49. The molecule has 1 aliphatic heterocycles. The predicted octanol–water partition coefficient (Wildman–Crippen LogP) is 2.66. The number of rotatable bonds is 6. The Balaban J connectivity index is 1.51. The van der Waals surface area contributed by atoms with Gasteiger partial charge < -0.3 is 14.0 Å². The van der Waals surface area contributed by atoms with Crippen molar-refractivity contribution in [3.05, 3.63) is 44.7 Å². The van der Waals surface area contributed by atoms with Gasteiger partial charge in [0, 0.05) is 24.6 Å². The van der Waals surface area contributed by atoms with E-state index in [2.05, 4.69) is 30.1 Å². The lowest BCUT2D eigenvalue weighted by Crippen LogP contribution is -2.23. The Hall–Kier alpha value is -2.67. The summed E-state index contributed by atoms with van der Waals surface area (Å²) in [6.07, 6.45) is 3.31. The molecule has 0 fully saturated rings. The Kier molecular flexibility index (Phi) is 5.29. The van der Waals surface area contributed by atoms with Crippen LogP contribution < -0.4 is 0 Å². The van der Waals surface area contributed by atoms with E-state index in [4.69, 9.17) is 14.5 Å². The van der Waals surface area contributed by atoms with Gasteiger partial charge in [-0.25, -0.2) is 9.97 Å². The molecule has 30 heavy (non-hydrogen) atoms. The summed E-state index contributed by atoms with van der Waals surface area (Å²) in [5.74, 6) is 0. The number of aromatic amines is 1. The van der Waals surface area contributed by atoms with Gasteiger partial charge in [0.05, 0.1) is 47.2 Å². The Morgan fingerprint density at radius 3 is 3.10 bits per heavy atom. The maximum Gasteiger partial charge on any atom is 0.152 e. The SMILES string of the molecule is CCOC(c1cscn1)c1nc2c(s1)c1c(n2C)COCN(Cc2cn[nH]n2)N=C1. The molecule has 1 aliphatic rings. The molecule has 4 aromatic rings. The molecule has 0 aliphatic carbocycles. The maximum atomic E-state index is 5.98. The zero-order valence-corrected chi connectivity index (χ0v) is 18.1. The quantitative estimate of drug-likeness (QED) is 0.487. The molecule has 156 valence electrons. The van der Waals surface area contributed by atoms with Crippen molar-refractivity contribution in [3.8, 4) is 0 Å². The highest BCUT2D eigenvalue weighted by molar-refractivity contribution is 7.19. The molecule has 0 radical (unpaired) electrons. The molecule has 1 unspecified atom stereocenters. The third-order valence-corrected chi connectivity index (χ3v) is 6.55. The minimum atomic E-state index is -0.264. The molecule has 10 nitrogen and oxygen atoms in total. The Morgan fingerprint density at radius 1 is 1.40 bits per heavy atom. The van der Waals surface area contributed by atoms with Crippen LogP contribution in [0.15, 0.2) is 22.2 Å². The maximum absolute atomic E-state index is 5.98. The summed E-state index contributed by atoms with van der Waals surface area (Å²) in [4.78, 5) is 9.34. The highest BCUT2D eigenvalue weighted by atomic mass is 32.1. The third kappa shape index (κ3) is 3.51. The average Bonchev–Trinajstić information content (AvgIpc) is 3.51. The second kappa shape index (κ2) is 8.22. The van der Waals surface area contributed by atoms with E-state index >= 15 is 0 Å². The highest BCUT2D eigenvalue weighted by Crippen LogP contribution is 2.36. The first-order valence-electron chi connectivity index (χ1n) is 9.43. The van der Waals surface area contributed by atoms with E-state index in [1.54, 1.807) is 28.9 Å². The largest absolute Gasteiger partial charge is 0.365 e. The molecule has 5 rings (SSSR count). The molecule has 1 atom stereocenters. The average molecular weight is 445 g/mol. The van der Waals surface area contributed by atoms with Gasteiger partial charge in [0.2, 0.25) is 0 Å². The number of hydrogen-bond acceptors (Lipinski definition) is 10. The van der Waals surface area contributed by atoms with Crippen LogP contribution in [0.1, 0.15) is 40.7 Å². The van der Waals surface area contributed by atoms with Crippen LogP contribution in [0, 0.1) is 0 Å². The van der Waals surface area contributed by atoms with Gasteiger partial charge in [-0.3, -0.25) is 5.01 Å². The lowest BCUT2D eigenvalue weighted by molar-refractivity contribution is 0.0118. The molecule has 4 aromatic heterocycles. The predicted molar refractivity (Wildman–Crippen MR) is 113 cm³/mol. The summed E-state index contributed by atoms with van der Waals surface area (Å²) in [6.45, 7) is 3.93. The molecule has 0 bridgehead atoms. The molecule has 5 heterocycles. The first-order chi connectivity index (χ1) is 14.7. The van der Waals surface area contributed by atoms with Crippen molar-refractivity contribution in [3.63, 3.8) is 0 Å². The van der Waals surface area contributed by atoms with Crippen LogP contribution in [0.25, 0.3) is 10.3 Å². The van der Waals surface area contributed by atoms with E-state index in [0.29, 0.717) is 26.5 Å². The van der Waals surface area contributed by atoms with Crippen LogP contribution in [0.2, 0.25) is 0 Å². The van der Waals surface area contributed by atoms with Gasteiger partial charge in [-0.1, -0.05) is 0 Å². The molecule has 0 aromatic carbocycles. The van der Waals surface area contributed by atoms with Gasteiger partial charge in [-0.15, -0.1) is 22.7 Å². The molecular formula is C18H20N8O2S2. The highest BCUT2D eigenvalue weighted by Gasteiger charge is 2.26. The number of ether oxygens (including phenoxy) is 2. The minimum Gasteiger partial charge on any atom is -0.365 e. The number of hydrazone groups is 1. The molecular weight excluding hydrogens is 424 g/mol. The minimum absolute atomic E-state index is 0.264. The second-order valence-electron chi connectivity index (χ2n) is 6.72. The standard InChI is InChI=1S/C18H20N8O2S2/c1-3-28-15(13-8-29-9-19-13)18-22-17-16(30-18)12-5-21-26(6-11-4-20-24-23-11)10-27-7-14(12)25(17)2/h4-5,8-9,15H,3,6-7,10H2,1-2H3,(H,20,23,24). The fraction of sp³-hybridized carbons (Fsp3) is 0.389. The van der Waals surface area contributed by atoms with Crippen molar-refractivity contribution in [1.82, 2.24) is 35.0 Å². The number of nitrogens with zero attached hydrogens (tertiary/aromatic N) is 7. The summed E-state index contributed by atoms with van der Waals surface area (Å²) in [6, 6.07) is 0. The normalized spacial score (nSPS) is 15.3. The van der Waals surface area contributed by atoms with Gasteiger partial charge in [-0.2, -0.15) is 20.5 Å². The van der Waals surface area contributed by atoms with Crippen molar-refractivity contribution in [2.45, 2.75) is 26.2 Å². The van der Waals surface area contributed by atoms with E-state index in [1.807, 2.05) is 36.1 Å². The Labute approximate surface area is 180 Å². The number of aryl methyl sites for hydroxylation is 1. The topological polar surface area (TPSA) is 106 Å². The van der Waals surface area contributed by atoms with Crippen LogP contribution in [0.5, 0.6) is 0 Å². The lowest BCUT2D eigenvalue weighted by Gasteiger charge is -2.20. The molecule has 12 heteroatoms. The molecule has 0 spiro atoms. The van der Waals surface area contributed by atoms with Gasteiger partial charge in [-0.05, 0) is 6.92 Å². The van der Waals surface area contributed by atoms with Gasteiger partial charge >= 0.3 is 0 Å². The first kappa shape index (κ1) is 19.3. The molecule has 0 saturated heterocycles. The smallest absolute Gasteiger partial charge is 0.152 e. The van der Waals surface area contributed by atoms with Crippen molar-refractivity contribution in [2.24, 2.45) is 12.1 Å². The van der Waals surface area contributed by atoms with E-state index in [-0.39, 0.29) is 6.10 Å². The van der Waals surface area contributed by atoms with E-state index in [9.17, 15) is 0 Å². The van der Waals surface area contributed by atoms with Gasteiger partial charge in [0.25, 0.3) is 0 Å². The van der Waals surface area contributed by atoms with Crippen molar-refractivity contribution in [2.75, 3.05) is 13.3 Å². The summed E-state index contributed by atoms with van der Waals surface area (Å²) in [7, 11) is 2.01. The van der Waals surface area contributed by atoms with E-state index in [0.717, 1.165) is 38.0 Å². The van der Waals surface area contributed by atoms with Crippen molar-refractivity contribution < 1.29 is 9.47 Å². The summed E-state index contributed by atoms with van der Waals surface area (Å²) >= 11 is 3.17. The van der Waals surface area contributed by atoms with E-state index in [1.165, 1.54) is 0 Å². The fourth-order valence-corrected chi connectivity index (χ4v) is 5.15. The monoisotopic (exact) mass is 444 g/mol. The number of H-pyrrole nitrogens is 1. The molecule has 0 amide bonds. The summed E-state index contributed by atoms with van der Waals surface area (Å²) in [5, 5.41) is 19.9. The van der Waals surface area contributed by atoms with Crippen LogP contribution in [-0.4, -0.2) is 54.5 Å². The number of thiazole rings is 2. The second-order valence-corrected chi connectivity index (χ2v) is 8.47. The van der Waals surface area contributed by atoms with Crippen molar-refractivity contribution >= 4 is 39.2 Å². The lowest BCUT2D eigenvalue weighted by atomic mass is 10.2. The van der Waals surface area contributed by atoms with Gasteiger partial charge in [0.15, 0.2) is 11.8 Å². The summed E-state index contributed by atoms with van der Waals surface area (Å²) < 4.78 is 15.0. The molecule has 0 saturated carbocycles. The van der Waals surface area contributed by atoms with E-state index < -0.39 is 0 Å². The van der Waals surface area contributed by atoms with Crippen LogP contribution >= 0.6 is 22.7 Å². The number of hydrogen-bond donors (Lipinski definition) is 1. The van der Waals surface area contributed by atoms with Crippen LogP contribution in [0.4, 0.5) is 0 Å². The zero-order valence-electron chi connectivity index (χ0n) is 16.5. The number of fused-ring (bicyclic) bond motifs is 3. The van der Waals surface area contributed by atoms with Crippen LogP contribution in [-0.2, 0) is 29.7 Å². The van der Waals surface area contributed by atoms with Crippen molar-refractivity contribution in [1.29, 1.82) is 0 Å². The fourth-order valence-electron chi connectivity index (χ4n) is 3.39. The molecule has 1 N–H and O–H groups in total. The van der Waals surface area contributed by atoms with Gasteiger partial charge in [0.1, 0.15) is 17.4 Å². The first-order valence-corrected chi connectivity index (χ1v) is 11.2. The number of nitrogens with one attached hydrogen (secondary N) is 1. The Bertz CT molecular complexity index is 1150. The Morgan fingerprint density at radius 2 is 2.33 bits per heavy atom. The number of aromatic nitrogens is 6. The zero-order chi connectivity index (χ0) is 20.5.